The van der Waals surface area contributed by atoms with Crippen LogP contribution in [0.1, 0.15) is 23.7 Å². The highest BCUT2D eigenvalue weighted by molar-refractivity contribution is 6.22. The quantitative estimate of drug-likeness (QED) is 0.420. The average Bonchev–Trinajstić information content (AvgIpc) is 3.06. The summed E-state index contributed by atoms with van der Waals surface area (Å²) in [6.07, 6.45) is -0.242. The van der Waals surface area contributed by atoms with Crippen LogP contribution in [0.4, 0.5) is 16.2 Å². The number of benzene rings is 2. The number of anilines is 2. The minimum Gasteiger partial charge on any atom is -0.497 e. The molecule has 0 unspecified atom stereocenters. The van der Waals surface area contributed by atoms with E-state index >= 15 is 0 Å². The standard InChI is InChI=1S/C24H27N3O7/c1-4-34-23(30)16-8-10-17(11-9-16)25-21(28)15-20-22(29)27(24(31)26(20)12-13-32-2)18-6-5-7-19(14-18)33-3/h5-11,14,20H,4,12-13,15H2,1-3H3,(H,25,28)/t20-/m0/s1. The Kier molecular flexibility index (Phi) is 8.20. The summed E-state index contributed by atoms with van der Waals surface area (Å²) in [6, 6.07) is 11.3. The lowest BCUT2D eigenvalue weighted by Crippen LogP contribution is -2.39. The van der Waals surface area contributed by atoms with Crippen molar-refractivity contribution in [2.45, 2.75) is 19.4 Å². The van der Waals surface area contributed by atoms with Gasteiger partial charge in [0.2, 0.25) is 5.91 Å². The molecule has 1 aliphatic rings. The number of nitrogens with zero attached hydrogens (tertiary/aromatic N) is 2. The summed E-state index contributed by atoms with van der Waals surface area (Å²) in [4.78, 5) is 53.2. The van der Waals surface area contributed by atoms with Gasteiger partial charge in [-0.3, -0.25) is 9.59 Å². The fourth-order valence-electron chi connectivity index (χ4n) is 3.56. The maximum atomic E-state index is 13.2. The normalized spacial score (nSPS) is 15.4. The molecule has 1 saturated heterocycles. The van der Waals surface area contributed by atoms with Gasteiger partial charge in [0, 0.05) is 25.4 Å². The van der Waals surface area contributed by atoms with Gasteiger partial charge in [-0.05, 0) is 43.3 Å². The number of hydrogen-bond donors (Lipinski definition) is 1. The molecule has 1 heterocycles. The lowest BCUT2D eigenvalue weighted by atomic mass is 10.1. The van der Waals surface area contributed by atoms with Crippen LogP contribution in [-0.2, 0) is 19.1 Å². The fourth-order valence-corrected chi connectivity index (χ4v) is 3.56. The summed E-state index contributed by atoms with van der Waals surface area (Å²) in [5.74, 6) is -0.928. The van der Waals surface area contributed by atoms with Crippen molar-refractivity contribution >= 4 is 35.2 Å². The molecule has 34 heavy (non-hydrogen) atoms. The predicted octanol–water partition coefficient (Wildman–Crippen LogP) is 2.68. The summed E-state index contributed by atoms with van der Waals surface area (Å²) in [5.41, 5.74) is 1.16. The molecule has 0 aromatic heterocycles. The van der Waals surface area contributed by atoms with Crippen LogP contribution < -0.4 is 15.0 Å². The zero-order chi connectivity index (χ0) is 24.7. The summed E-state index contributed by atoms with van der Waals surface area (Å²) in [7, 11) is 2.98. The highest BCUT2D eigenvalue weighted by Crippen LogP contribution is 2.29. The van der Waals surface area contributed by atoms with Crippen molar-refractivity contribution in [2.24, 2.45) is 0 Å². The molecule has 1 fully saturated rings. The largest absolute Gasteiger partial charge is 0.497 e. The van der Waals surface area contributed by atoms with E-state index < -0.39 is 29.9 Å². The van der Waals surface area contributed by atoms with Crippen LogP contribution in [0.5, 0.6) is 5.75 Å². The molecule has 0 spiro atoms. The number of amides is 4. The van der Waals surface area contributed by atoms with E-state index in [4.69, 9.17) is 14.2 Å². The molecule has 180 valence electrons. The van der Waals surface area contributed by atoms with E-state index in [9.17, 15) is 19.2 Å². The lowest BCUT2D eigenvalue weighted by Gasteiger charge is -2.21. The van der Waals surface area contributed by atoms with E-state index in [-0.39, 0.29) is 26.2 Å². The van der Waals surface area contributed by atoms with E-state index in [1.165, 1.54) is 31.3 Å². The third-order valence-corrected chi connectivity index (χ3v) is 5.23. The third-order valence-electron chi connectivity index (χ3n) is 5.23. The zero-order valence-electron chi connectivity index (χ0n) is 19.3. The first-order valence-electron chi connectivity index (χ1n) is 10.7. The van der Waals surface area contributed by atoms with Crippen LogP contribution in [0.15, 0.2) is 48.5 Å². The molecule has 0 bridgehead atoms. The maximum Gasteiger partial charge on any atom is 0.338 e. The Balaban J connectivity index is 1.75. The number of hydrogen-bond acceptors (Lipinski definition) is 7. The monoisotopic (exact) mass is 469 g/mol. The van der Waals surface area contributed by atoms with Gasteiger partial charge in [0.25, 0.3) is 5.91 Å². The molecule has 2 aromatic rings. The van der Waals surface area contributed by atoms with Crippen molar-refractivity contribution in [1.29, 1.82) is 0 Å². The molecule has 1 aliphatic heterocycles. The highest BCUT2D eigenvalue weighted by Gasteiger charge is 2.46. The van der Waals surface area contributed by atoms with Crippen molar-refractivity contribution in [3.8, 4) is 5.75 Å². The molecule has 1 atom stereocenters. The molecule has 0 radical (unpaired) electrons. The smallest absolute Gasteiger partial charge is 0.338 e. The summed E-state index contributed by atoms with van der Waals surface area (Å²) in [5, 5.41) is 2.70. The van der Waals surface area contributed by atoms with E-state index in [1.54, 1.807) is 43.3 Å². The first-order valence-corrected chi connectivity index (χ1v) is 10.7. The van der Waals surface area contributed by atoms with Gasteiger partial charge in [-0.15, -0.1) is 0 Å². The Hall–Kier alpha value is -3.92. The molecule has 4 amide bonds. The second-order valence-electron chi connectivity index (χ2n) is 7.41. The van der Waals surface area contributed by atoms with Gasteiger partial charge >= 0.3 is 12.0 Å². The van der Waals surface area contributed by atoms with E-state index in [2.05, 4.69) is 5.32 Å². The lowest BCUT2D eigenvalue weighted by molar-refractivity contribution is -0.124. The Morgan fingerprint density at radius 1 is 1.06 bits per heavy atom. The van der Waals surface area contributed by atoms with Crippen molar-refractivity contribution in [1.82, 2.24) is 4.90 Å². The average molecular weight is 469 g/mol. The van der Waals surface area contributed by atoms with Gasteiger partial charge in [0.05, 0.1) is 38.0 Å². The zero-order valence-corrected chi connectivity index (χ0v) is 19.3. The number of ether oxygens (including phenoxy) is 3. The first-order chi connectivity index (χ1) is 16.4. The van der Waals surface area contributed by atoms with Crippen molar-refractivity contribution in [3.63, 3.8) is 0 Å². The van der Waals surface area contributed by atoms with Crippen LogP contribution >= 0.6 is 0 Å². The molecule has 0 saturated carbocycles. The van der Waals surface area contributed by atoms with Gasteiger partial charge < -0.3 is 24.4 Å². The highest BCUT2D eigenvalue weighted by atomic mass is 16.5. The van der Waals surface area contributed by atoms with Gasteiger partial charge in [-0.25, -0.2) is 14.5 Å². The van der Waals surface area contributed by atoms with E-state index in [0.717, 1.165) is 4.90 Å². The Labute approximate surface area is 197 Å². The Morgan fingerprint density at radius 2 is 1.79 bits per heavy atom. The maximum absolute atomic E-state index is 13.2. The summed E-state index contributed by atoms with van der Waals surface area (Å²) in [6.45, 7) is 2.33. The van der Waals surface area contributed by atoms with Gasteiger partial charge in [-0.1, -0.05) is 6.07 Å². The van der Waals surface area contributed by atoms with Gasteiger partial charge in [-0.2, -0.15) is 0 Å². The molecule has 3 rings (SSSR count). The molecule has 1 N–H and O–H groups in total. The van der Waals surface area contributed by atoms with Crippen molar-refractivity contribution in [3.05, 3.63) is 54.1 Å². The predicted molar refractivity (Wildman–Crippen MR) is 124 cm³/mol. The van der Waals surface area contributed by atoms with Crippen LogP contribution in [0.25, 0.3) is 0 Å². The molecular weight excluding hydrogens is 442 g/mol. The third kappa shape index (κ3) is 5.52. The number of urea groups is 1. The van der Waals surface area contributed by atoms with E-state index in [0.29, 0.717) is 22.7 Å². The topological polar surface area (TPSA) is 114 Å². The van der Waals surface area contributed by atoms with Crippen LogP contribution in [-0.4, -0.2) is 68.7 Å². The van der Waals surface area contributed by atoms with Crippen molar-refractivity contribution < 1.29 is 33.4 Å². The SMILES string of the molecule is CCOC(=O)c1ccc(NC(=O)C[C@H]2C(=O)N(c3cccc(OC)c3)C(=O)N2CCOC)cc1. The minimum atomic E-state index is -0.993. The Morgan fingerprint density at radius 3 is 2.44 bits per heavy atom. The molecule has 2 aromatic carbocycles. The number of carbonyl (C=O) groups is 4. The molecule has 10 nitrogen and oxygen atoms in total. The number of carbonyl (C=O) groups excluding carboxylic acids is 4. The first kappa shape index (κ1) is 24.7. The summed E-state index contributed by atoms with van der Waals surface area (Å²) < 4.78 is 15.2. The number of imide groups is 1. The molecular formula is C24H27N3O7. The van der Waals surface area contributed by atoms with Crippen LogP contribution in [0.2, 0.25) is 0 Å². The van der Waals surface area contributed by atoms with Gasteiger partial charge in [0.1, 0.15) is 11.8 Å². The number of rotatable bonds is 10. The minimum absolute atomic E-state index is 0.147. The second-order valence-corrected chi connectivity index (χ2v) is 7.41. The van der Waals surface area contributed by atoms with Crippen LogP contribution in [0.3, 0.4) is 0 Å². The summed E-state index contributed by atoms with van der Waals surface area (Å²) >= 11 is 0. The number of esters is 1. The fraction of sp³-hybridized carbons (Fsp3) is 0.333. The van der Waals surface area contributed by atoms with E-state index in [1.807, 2.05) is 0 Å². The Bertz CT molecular complexity index is 1050. The van der Waals surface area contributed by atoms with Gasteiger partial charge in [0.15, 0.2) is 0 Å². The van der Waals surface area contributed by atoms with Crippen LogP contribution in [0, 0.1) is 0 Å². The van der Waals surface area contributed by atoms with Crippen molar-refractivity contribution in [2.75, 3.05) is 44.2 Å². The number of methoxy groups -OCH3 is 2. The second kappa shape index (κ2) is 11.3. The molecule has 0 aliphatic carbocycles. The number of nitrogens with one attached hydrogen (secondary N) is 1. The molecule has 10 heteroatoms.